The maximum Gasteiger partial charge on any atom is 0.268 e. The summed E-state index contributed by atoms with van der Waals surface area (Å²) in [5, 5.41) is 0.239. The lowest BCUT2D eigenvalue weighted by Gasteiger charge is -2.08. The van der Waals surface area contributed by atoms with Crippen LogP contribution in [0.15, 0.2) is 107 Å². The van der Waals surface area contributed by atoms with Gasteiger partial charge in [-0.3, -0.25) is 0 Å². The molecular formula is C29H26N4O4S2. The van der Waals surface area contributed by atoms with Crippen molar-refractivity contribution in [2.24, 2.45) is 0 Å². The summed E-state index contributed by atoms with van der Waals surface area (Å²) < 4.78 is 53.4. The number of rotatable bonds is 6. The Morgan fingerprint density at radius 2 is 1.51 bits per heavy atom. The molecule has 8 nitrogen and oxygen atoms in total. The van der Waals surface area contributed by atoms with Crippen LogP contribution in [0.1, 0.15) is 15.3 Å². The summed E-state index contributed by atoms with van der Waals surface area (Å²) in [6.07, 6.45) is 5.02. The molecule has 198 valence electrons. The van der Waals surface area contributed by atoms with Crippen molar-refractivity contribution < 1.29 is 18.3 Å². The van der Waals surface area contributed by atoms with E-state index in [4.69, 9.17) is 4.98 Å². The number of benzene rings is 3. The molecule has 6 rings (SSSR count). The van der Waals surface area contributed by atoms with Gasteiger partial charge in [0.2, 0.25) is 0 Å². The maximum absolute atomic E-state index is 13.6. The second kappa shape index (κ2) is 9.18. The van der Waals surface area contributed by atoms with Crippen LogP contribution in [0.3, 0.4) is 0 Å². The Bertz CT molecular complexity index is 2070. The van der Waals surface area contributed by atoms with Gasteiger partial charge in [0.25, 0.3) is 10.0 Å². The highest BCUT2D eigenvalue weighted by Crippen LogP contribution is 2.36. The van der Waals surface area contributed by atoms with E-state index in [2.05, 4.69) is 9.97 Å². The zero-order valence-corrected chi connectivity index (χ0v) is 22.7. The molecule has 10 heteroatoms. The van der Waals surface area contributed by atoms with Gasteiger partial charge in [-0.05, 0) is 44.2 Å². The first-order chi connectivity index (χ1) is 18.7. The van der Waals surface area contributed by atoms with Gasteiger partial charge in [-0.25, -0.2) is 30.8 Å². The van der Waals surface area contributed by atoms with Gasteiger partial charge < -0.3 is 4.98 Å². The number of sulfone groups is 1. The van der Waals surface area contributed by atoms with Gasteiger partial charge in [0.1, 0.15) is 5.52 Å². The lowest BCUT2D eigenvalue weighted by molar-refractivity contribution is 0.586. The average molecular weight is 559 g/mol. The van der Waals surface area contributed by atoms with Crippen molar-refractivity contribution >= 4 is 41.9 Å². The third kappa shape index (κ3) is 4.12. The second-order valence-electron chi connectivity index (χ2n) is 9.45. The third-order valence-corrected chi connectivity index (χ3v) is 10.6. The van der Waals surface area contributed by atoms with Crippen LogP contribution in [-0.2, 0) is 19.9 Å². The van der Waals surface area contributed by atoms with E-state index in [1.165, 1.54) is 3.97 Å². The number of hydrogen-bond acceptors (Lipinski definition) is 6. The number of para-hydroxylation sites is 1. The first-order valence-electron chi connectivity index (χ1n) is 12.3. The molecule has 0 saturated heterocycles. The number of nitrogens with zero attached hydrogens (tertiary/aromatic N) is 3. The molecule has 0 radical (unpaired) electrons. The number of aromatic amines is 1. The molecule has 1 N–H and O–H groups in total. The van der Waals surface area contributed by atoms with Gasteiger partial charge in [0, 0.05) is 35.9 Å². The quantitative estimate of drug-likeness (QED) is 0.272. The summed E-state index contributed by atoms with van der Waals surface area (Å²) in [6, 6.07) is 22.2. The Morgan fingerprint density at radius 1 is 0.821 bits per heavy atom. The van der Waals surface area contributed by atoms with Crippen LogP contribution in [-0.4, -0.2) is 41.0 Å². The Hall–Kier alpha value is -4.28. The van der Waals surface area contributed by atoms with E-state index in [0.717, 1.165) is 5.39 Å². The molecule has 0 bridgehead atoms. The highest BCUT2D eigenvalue weighted by Gasteiger charge is 2.23. The fraction of sp³-hybridized carbons (Fsp3) is 0.103. The van der Waals surface area contributed by atoms with Gasteiger partial charge in [-0.15, -0.1) is 0 Å². The first-order valence-corrected chi connectivity index (χ1v) is 15.3. The Kier molecular flexibility index (Phi) is 5.89. The Morgan fingerprint density at radius 3 is 2.23 bits per heavy atom. The standard InChI is InChI=1S/C29H24N4O4S2.H2/c1-19(2)38(34,35)21-14-12-20(13-15-21)26-17-31-29-28(32-26)24(16-30-29)25-18-33(27-11-7-6-10-23(25)27)39(36,37)22-8-4-3-5-9-22;/h3-19H,1-2H3,(H,30,31);1H. The lowest BCUT2D eigenvalue weighted by atomic mass is 10.1. The van der Waals surface area contributed by atoms with Crippen molar-refractivity contribution in [3.63, 3.8) is 0 Å². The second-order valence-corrected chi connectivity index (χ2v) is 13.8. The summed E-state index contributed by atoms with van der Waals surface area (Å²) in [7, 11) is -7.23. The van der Waals surface area contributed by atoms with E-state index in [1.54, 1.807) is 99.2 Å². The van der Waals surface area contributed by atoms with Crippen LogP contribution in [0.2, 0.25) is 0 Å². The predicted molar refractivity (Wildman–Crippen MR) is 154 cm³/mol. The zero-order valence-electron chi connectivity index (χ0n) is 21.1. The number of fused-ring (bicyclic) bond motifs is 2. The normalized spacial score (nSPS) is 12.5. The van der Waals surface area contributed by atoms with Gasteiger partial charge in [-0.2, -0.15) is 0 Å². The highest BCUT2D eigenvalue weighted by molar-refractivity contribution is 7.92. The molecular weight excluding hydrogens is 532 g/mol. The summed E-state index contributed by atoms with van der Waals surface area (Å²) in [6.45, 7) is 3.30. The minimum Gasteiger partial charge on any atom is -0.344 e. The molecule has 3 heterocycles. The Labute approximate surface area is 227 Å². The average Bonchev–Trinajstić information content (AvgIpc) is 3.55. The monoisotopic (exact) mass is 558 g/mol. The number of hydrogen-bond donors (Lipinski definition) is 1. The molecule has 0 fully saturated rings. The molecule has 0 amide bonds. The Balaban J connectivity index is 0.00000323. The van der Waals surface area contributed by atoms with Crippen molar-refractivity contribution in [3.05, 3.63) is 97.5 Å². The molecule has 0 aliphatic rings. The van der Waals surface area contributed by atoms with Crippen LogP contribution in [0.4, 0.5) is 0 Å². The molecule has 0 aliphatic carbocycles. The van der Waals surface area contributed by atoms with E-state index in [9.17, 15) is 16.8 Å². The molecule has 39 heavy (non-hydrogen) atoms. The molecule has 3 aromatic carbocycles. The van der Waals surface area contributed by atoms with Crippen LogP contribution < -0.4 is 0 Å². The summed E-state index contributed by atoms with van der Waals surface area (Å²) in [5.74, 6) is 0. The fourth-order valence-corrected chi connectivity index (χ4v) is 7.04. The minimum absolute atomic E-state index is 0. The van der Waals surface area contributed by atoms with Crippen LogP contribution in [0, 0.1) is 0 Å². The van der Waals surface area contributed by atoms with Crippen molar-refractivity contribution in [3.8, 4) is 22.4 Å². The van der Waals surface area contributed by atoms with E-state index in [-0.39, 0.29) is 11.2 Å². The number of aromatic nitrogens is 4. The summed E-state index contributed by atoms with van der Waals surface area (Å²) in [4.78, 5) is 13.0. The van der Waals surface area contributed by atoms with Gasteiger partial charge in [-0.1, -0.05) is 48.5 Å². The minimum atomic E-state index is -3.84. The lowest BCUT2D eigenvalue weighted by Crippen LogP contribution is -2.13. The van der Waals surface area contributed by atoms with E-state index in [1.807, 2.05) is 12.1 Å². The van der Waals surface area contributed by atoms with E-state index < -0.39 is 25.1 Å². The molecule has 0 aliphatic heterocycles. The number of nitrogens with one attached hydrogen (secondary N) is 1. The molecule has 0 saturated carbocycles. The smallest absolute Gasteiger partial charge is 0.268 e. The molecule has 0 spiro atoms. The van der Waals surface area contributed by atoms with Gasteiger partial charge >= 0.3 is 0 Å². The van der Waals surface area contributed by atoms with Gasteiger partial charge in [0.15, 0.2) is 15.5 Å². The molecule has 0 atom stereocenters. The van der Waals surface area contributed by atoms with Crippen LogP contribution >= 0.6 is 0 Å². The zero-order chi connectivity index (χ0) is 27.4. The van der Waals surface area contributed by atoms with Crippen molar-refractivity contribution in [1.82, 2.24) is 18.9 Å². The van der Waals surface area contributed by atoms with Crippen LogP contribution in [0.5, 0.6) is 0 Å². The molecule has 6 aromatic rings. The predicted octanol–water partition coefficient (Wildman–Crippen LogP) is 5.91. The van der Waals surface area contributed by atoms with E-state index in [0.29, 0.717) is 39.1 Å². The van der Waals surface area contributed by atoms with Crippen molar-refractivity contribution in [1.29, 1.82) is 0 Å². The molecule has 0 unspecified atom stereocenters. The van der Waals surface area contributed by atoms with E-state index >= 15 is 0 Å². The molecule has 3 aromatic heterocycles. The topological polar surface area (TPSA) is 115 Å². The van der Waals surface area contributed by atoms with Crippen LogP contribution in [0.25, 0.3) is 44.5 Å². The fourth-order valence-electron chi connectivity index (χ4n) is 4.59. The largest absolute Gasteiger partial charge is 0.344 e. The first kappa shape index (κ1) is 25.0. The number of H-pyrrole nitrogens is 1. The summed E-state index contributed by atoms with van der Waals surface area (Å²) >= 11 is 0. The van der Waals surface area contributed by atoms with Gasteiger partial charge in [0.05, 0.1) is 32.4 Å². The maximum atomic E-state index is 13.6. The third-order valence-electron chi connectivity index (χ3n) is 6.75. The van der Waals surface area contributed by atoms with Crippen molar-refractivity contribution in [2.75, 3.05) is 0 Å². The summed E-state index contributed by atoms with van der Waals surface area (Å²) in [5.41, 5.74) is 4.36. The highest BCUT2D eigenvalue weighted by atomic mass is 32.2. The SMILES string of the molecule is CC(C)S(=O)(=O)c1ccc(-c2cnc3[nH]cc(-c4cn(S(=O)(=O)c5ccccc5)c5ccccc45)c3n2)cc1.[HH]. The van der Waals surface area contributed by atoms with Crippen molar-refractivity contribution in [2.45, 2.75) is 28.9 Å².